The van der Waals surface area contributed by atoms with Crippen molar-refractivity contribution < 1.29 is 27.1 Å². The van der Waals surface area contributed by atoms with Crippen LogP contribution in [-0.2, 0) is 14.8 Å². The highest BCUT2D eigenvalue weighted by Crippen LogP contribution is 2.36. The van der Waals surface area contributed by atoms with Crippen LogP contribution in [0.15, 0.2) is 28.6 Å². The molecule has 1 saturated heterocycles. The van der Waals surface area contributed by atoms with Crippen molar-refractivity contribution in [2.45, 2.75) is 17.2 Å². The van der Waals surface area contributed by atoms with Crippen LogP contribution >= 0.6 is 11.3 Å². The van der Waals surface area contributed by atoms with Gasteiger partial charge in [0.1, 0.15) is 5.92 Å². The van der Waals surface area contributed by atoms with E-state index < -0.39 is 40.8 Å². The minimum atomic E-state index is -4.11. The number of hydrogen-bond donors (Lipinski definition) is 1. The summed E-state index contributed by atoms with van der Waals surface area (Å²) in [5.74, 6) is -7.08. The fraction of sp³-hybridized carbons (Fsp3) is 0.385. The zero-order valence-electron chi connectivity index (χ0n) is 11.6. The third kappa shape index (κ3) is 2.81. The molecule has 1 atom stereocenters. The lowest BCUT2D eigenvalue weighted by molar-refractivity contribution is -0.163. The topological polar surface area (TPSA) is 87.6 Å². The number of carbonyl (C=O) groups is 1. The van der Waals surface area contributed by atoms with Crippen molar-refractivity contribution in [3.63, 3.8) is 0 Å². The molecule has 1 aromatic carbocycles. The Morgan fingerprint density at radius 1 is 1.43 bits per heavy atom. The van der Waals surface area contributed by atoms with E-state index in [9.17, 15) is 22.0 Å². The van der Waals surface area contributed by atoms with E-state index in [1.807, 2.05) is 0 Å². The first-order valence-electron chi connectivity index (χ1n) is 6.66. The van der Waals surface area contributed by atoms with Crippen LogP contribution < -0.4 is 0 Å². The number of hydrogen-bond acceptors (Lipinski definition) is 5. The molecule has 1 fully saturated rings. The molecule has 3 rings (SSSR count). The first kappa shape index (κ1) is 16.2. The predicted octanol–water partition coefficient (Wildman–Crippen LogP) is 2.03. The zero-order chi connectivity index (χ0) is 16.8. The predicted molar refractivity (Wildman–Crippen MR) is 79.1 cm³/mol. The van der Waals surface area contributed by atoms with E-state index in [1.165, 1.54) is 29.5 Å². The molecule has 1 unspecified atom stereocenters. The van der Waals surface area contributed by atoms with E-state index in [-0.39, 0.29) is 11.4 Å². The molecule has 0 aliphatic carbocycles. The van der Waals surface area contributed by atoms with Gasteiger partial charge in [0, 0.05) is 6.54 Å². The minimum absolute atomic E-state index is 0.0983. The number of benzene rings is 1. The van der Waals surface area contributed by atoms with Crippen LogP contribution in [-0.4, -0.2) is 47.8 Å². The van der Waals surface area contributed by atoms with E-state index in [1.54, 1.807) is 5.51 Å². The summed E-state index contributed by atoms with van der Waals surface area (Å²) in [6.45, 7) is -1.39. The summed E-state index contributed by atoms with van der Waals surface area (Å²) in [4.78, 5) is 14.8. The molecule has 23 heavy (non-hydrogen) atoms. The number of piperidine rings is 1. The first-order valence-corrected chi connectivity index (χ1v) is 8.98. The van der Waals surface area contributed by atoms with Crippen molar-refractivity contribution >= 4 is 37.5 Å². The molecule has 1 aliphatic heterocycles. The molecule has 0 spiro atoms. The van der Waals surface area contributed by atoms with Gasteiger partial charge in [0.2, 0.25) is 10.0 Å². The summed E-state index contributed by atoms with van der Waals surface area (Å²) in [7, 11) is -4.11. The maximum atomic E-state index is 13.9. The number of aliphatic carboxylic acids is 1. The molecular formula is C13H12F2N2O4S2. The number of halogens is 2. The van der Waals surface area contributed by atoms with E-state index in [4.69, 9.17) is 5.11 Å². The number of thiazole rings is 1. The average Bonchev–Trinajstić information content (AvgIpc) is 2.92. The van der Waals surface area contributed by atoms with Gasteiger partial charge in [-0.25, -0.2) is 22.2 Å². The van der Waals surface area contributed by atoms with Crippen LogP contribution in [0.3, 0.4) is 0 Å². The molecular weight excluding hydrogens is 350 g/mol. The smallest absolute Gasteiger partial charge is 0.312 e. The van der Waals surface area contributed by atoms with Gasteiger partial charge >= 0.3 is 5.97 Å². The molecule has 0 bridgehead atoms. The Bertz CT molecular complexity index is 866. The number of sulfonamides is 1. The largest absolute Gasteiger partial charge is 0.481 e. The van der Waals surface area contributed by atoms with E-state index in [2.05, 4.69) is 4.98 Å². The molecule has 0 radical (unpaired) electrons. The minimum Gasteiger partial charge on any atom is -0.481 e. The van der Waals surface area contributed by atoms with Crippen molar-refractivity contribution in [3.05, 3.63) is 23.7 Å². The third-order valence-corrected chi connectivity index (χ3v) is 6.44. The summed E-state index contributed by atoms with van der Waals surface area (Å²) in [5.41, 5.74) is 2.19. The Morgan fingerprint density at radius 2 is 2.17 bits per heavy atom. The number of nitrogens with zero attached hydrogens (tertiary/aromatic N) is 2. The molecule has 0 amide bonds. The molecule has 1 aromatic heterocycles. The van der Waals surface area contributed by atoms with Gasteiger partial charge in [-0.2, -0.15) is 4.31 Å². The number of carboxylic acids is 1. The monoisotopic (exact) mass is 362 g/mol. The van der Waals surface area contributed by atoms with Gasteiger partial charge in [-0.05, 0) is 24.6 Å². The lowest BCUT2D eigenvalue weighted by Gasteiger charge is -2.35. The highest BCUT2D eigenvalue weighted by atomic mass is 32.2. The van der Waals surface area contributed by atoms with E-state index in [0.717, 1.165) is 0 Å². The number of alkyl halides is 2. The van der Waals surface area contributed by atoms with Gasteiger partial charge in [0.15, 0.2) is 0 Å². The highest BCUT2D eigenvalue weighted by molar-refractivity contribution is 7.89. The Hall–Kier alpha value is -1.65. The Morgan fingerprint density at radius 3 is 2.83 bits per heavy atom. The highest BCUT2D eigenvalue weighted by Gasteiger charge is 2.51. The second-order valence-corrected chi connectivity index (χ2v) is 8.09. The van der Waals surface area contributed by atoms with Crippen LogP contribution in [0.2, 0.25) is 0 Å². The van der Waals surface area contributed by atoms with Crippen molar-refractivity contribution in [2.24, 2.45) is 5.92 Å². The normalized spacial score (nSPS) is 22.3. The fourth-order valence-corrected chi connectivity index (χ4v) is 4.85. The second-order valence-electron chi connectivity index (χ2n) is 5.26. The summed E-state index contributed by atoms with van der Waals surface area (Å²) < 4.78 is 54.2. The quantitative estimate of drug-likeness (QED) is 0.903. The first-order chi connectivity index (χ1) is 10.7. The van der Waals surface area contributed by atoms with Crippen LogP contribution in [0, 0.1) is 5.92 Å². The van der Waals surface area contributed by atoms with Gasteiger partial charge in [-0.15, -0.1) is 11.3 Å². The zero-order valence-corrected chi connectivity index (χ0v) is 13.3. The van der Waals surface area contributed by atoms with Crippen molar-refractivity contribution in [1.82, 2.24) is 9.29 Å². The SMILES string of the molecule is O=C(O)C1CCN(S(=O)(=O)c2ccc3ncsc3c2)CC1(F)F. The molecule has 6 nitrogen and oxygen atoms in total. The van der Waals surface area contributed by atoms with Crippen LogP contribution in [0.25, 0.3) is 10.2 Å². The number of rotatable bonds is 3. The Labute approximate surface area is 134 Å². The number of carboxylic acid groups (broad SMARTS) is 1. The lowest BCUT2D eigenvalue weighted by Crippen LogP contribution is -2.52. The van der Waals surface area contributed by atoms with E-state index >= 15 is 0 Å². The van der Waals surface area contributed by atoms with Gasteiger partial charge in [-0.3, -0.25) is 4.79 Å². The maximum Gasteiger partial charge on any atom is 0.312 e. The summed E-state index contributed by atoms with van der Waals surface area (Å²) >= 11 is 1.25. The molecule has 2 heterocycles. The standard InChI is InChI=1S/C13H12F2N2O4S2/c14-13(15)6-17(4-3-9(13)12(18)19)23(20,21)8-1-2-10-11(5-8)22-7-16-10/h1-2,5,7,9H,3-4,6H2,(H,18,19). The molecule has 1 aliphatic rings. The molecule has 1 N–H and O–H groups in total. The van der Waals surface area contributed by atoms with Crippen LogP contribution in [0.5, 0.6) is 0 Å². The maximum absolute atomic E-state index is 13.9. The van der Waals surface area contributed by atoms with Gasteiger partial charge < -0.3 is 5.11 Å². The van der Waals surface area contributed by atoms with E-state index in [0.29, 0.717) is 14.5 Å². The van der Waals surface area contributed by atoms with Crippen molar-refractivity contribution in [1.29, 1.82) is 0 Å². The Balaban J connectivity index is 1.92. The fourth-order valence-electron chi connectivity index (χ4n) is 2.56. The van der Waals surface area contributed by atoms with Gasteiger partial charge in [-0.1, -0.05) is 0 Å². The second kappa shape index (κ2) is 5.46. The summed E-state index contributed by atoms with van der Waals surface area (Å²) in [6, 6.07) is 4.23. The third-order valence-electron chi connectivity index (χ3n) is 3.80. The lowest BCUT2D eigenvalue weighted by atomic mass is 9.94. The molecule has 124 valence electrons. The van der Waals surface area contributed by atoms with Crippen molar-refractivity contribution in [2.75, 3.05) is 13.1 Å². The van der Waals surface area contributed by atoms with Crippen LogP contribution in [0.4, 0.5) is 8.78 Å². The molecule has 10 heteroatoms. The average molecular weight is 362 g/mol. The molecule has 0 saturated carbocycles. The van der Waals surface area contributed by atoms with Gasteiger partial charge in [0.05, 0.1) is 27.2 Å². The number of aromatic nitrogens is 1. The molecule has 2 aromatic rings. The summed E-state index contributed by atoms with van der Waals surface area (Å²) in [5, 5.41) is 8.82. The van der Waals surface area contributed by atoms with Crippen molar-refractivity contribution in [3.8, 4) is 0 Å². The van der Waals surface area contributed by atoms with Crippen LogP contribution in [0.1, 0.15) is 6.42 Å². The Kier molecular flexibility index (Phi) is 3.85. The van der Waals surface area contributed by atoms with Gasteiger partial charge in [0.25, 0.3) is 5.92 Å². The summed E-state index contributed by atoms with van der Waals surface area (Å²) in [6.07, 6.45) is -0.426. The number of fused-ring (bicyclic) bond motifs is 1.